The molecule has 0 aliphatic carbocycles. The van der Waals surface area contributed by atoms with Crippen LogP contribution in [0.3, 0.4) is 0 Å². The number of hydrogen-bond donors (Lipinski definition) is 2. The molecule has 0 saturated heterocycles. The highest BCUT2D eigenvalue weighted by Crippen LogP contribution is 2.13. The average Bonchev–Trinajstić information content (AvgIpc) is 2.46. The summed E-state index contributed by atoms with van der Waals surface area (Å²) in [6.45, 7) is 2.28. The van der Waals surface area contributed by atoms with Gasteiger partial charge in [-0.05, 0) is 30.2 Å². The largest absolute Gasteiger partial charge is 0.334 e. The van der Waals surface area contributed by atoms with Crippen LogP contribution in [0.15, 0.2) is 54.6 Å². The molecule has 0 radical (unpaired) electrons. The summed E-state index contributed by atoms with van der Waals surface area (Å²) >= 11 is 0. The van der Waals surface area contributed by atoms with E-state index in [1.807, 2.05) is 37.3 Å². The quantitative estimate of drug-likeness (QED) is 0.880. The maximum absolute atomic E-state index is 13.1. The standard InChI is InChI=1S/C16H17FN2O/c1-12(14-8-5-9-15(17)10-14)19-16(20)18-11-13-6-3-2-4-7-13/h2-10,12H,11H2,1H3,(H2,18,19,20). The molecule has 0 saturated carbocycles. The van der Waals surface area contributed by atoms with Crippen molar-refractivity contribution in [2.45, 2.75) is 19.5 Å². The van der Waals surface area contributed by atoms with Gasteiger partial charge in [0.2, 0.25) is 0 Å². The van der Waals surface area contributed by atoms with E-state index >= 15 is 0 Å². The molecule has 4 heteroatoms. The zero-order valence-corrected chi connectivity index (χ0v) is 11.3. The highest BCUT2D eigenvalue weighted by Gasteiger charge is 2.09. The van der Waals surface area contributed by atoms with Crippen LogP contribution >= 0.6 is 0 Å². The van der Waals surface area contributed by atoms with Gasteiger partial charge in [-0.15, -0.1) is 0 Å². The van der Waals surface area contributed by atoms with Crippen molar-refractivity contribution >= 4 is 6.03 Å². The Bertz CT molecular complexity index is 572. The van der Waals surface area contributed by atoms with Gasteiger partial charge in [0.05, 0.1) is 6.04 Å². The Morgan fingerprint density at radius 2 is 1.90 bits per heavy atom. The summed E-state index contributed by atoms with van der Waals surface area (Å²) in [5, 5.41) is 5.55. The highest BCUT2D eigenvalue weighted by atomic mass is 19.1. The van der Waals surface area contributed by atoms with Gasteiger partial charge in [-0.3, -0.25) is 0 Å². The van der Waals surface area contributed by atoms with Gasteiger partial charge in [0, 0.05) is 6.54 Å². The van der Waals surface area contributed by atoms with Crippen LogP contribution in [0, 0.1) is 5.82 Å². The number of benzene rings is 2. The zero-order chi connectivity index (χ0) is 14.4. The summed E-state index contributed by atoms with van der Waals surface area (Å²) in [4.78, 5) is 11.8. The van der Waals surface area contributed by atoms with Crippen molar-refractivity contribution < 1.29 is 9.18 Å². The third kappa shape index (κ3) is 4.09. The second-order valence-corrected chi connectivity index (χ2v) is 4.59. The van der Waals surface area contributed by atoms with Crippen molar-refractivity contribution in [3.8, 4) is 0 Å². The van der Waals surface area contributed by atoms with Gasteiger partial charge in [0.15, 0.2) is 0 Å². The third-order valence-electron chi connectivity index (χ3n) is 2.99. The number of amides is 2. The SMILES string of the molecule is CC(NC(=O)NCc1ccccc1)c1cccc(F)c1. The summed E-state index contributed by atoms with van der Waals surface area (Å²) in [5.74, 6) is -0.305. The Morgan fingerprint density at radius 3 is 2.60 bits per heavy atom. The molecule has 1 unspecified atom stereocenters. The lowest BCUT2D eigenvalue weighted by atomic mass is 10.1. The summed E-state index contributed by atoms with van der Waals surface area (Å²) < 4.78 is 13.1. The molecule has 0 aliphatic rings. The summed E-state index contributed by atoms with van der Waals surface area (Å²) in [6, 6.07) is 15.3. The molecule has 2 aromatic rings. The molecule has 0 spiro atoms. The Hall–Kier alpha value is -2.36. The summed E-state index contributed by atoms with van der Waals surface area (Å²) in [5.41, 5.74) is 1.76. The van der Waals surface area contributed by atoms with Crippen molar-refractivity contribution in [2.75, 3.05) is 0 Å². The van der Waals surface area contributed by atoms with Crippen molar-refractivity contribution in [1.29, 1.82) is 0 Å². The minimum atomic E-state index is -0.305. The molecular formula is C16H17FN2O. The number of hydrogen-bond acceptors (Lipinski definition) is 1. The van der Waals surface area contributed by atoms with Gasteiger partial charge >= 0.3 is 6.03 Å². The topological polar surface area (TPSA) is 41.1 Å². The van der Waals surface area contributed by atoms with E-state index in [4.69, 9.17) is 0 Å². The predicted octanol–water partition coefficient (Wildman–Crippen LogP) is 3.39. The normalized spacial score (nSPS) is 11.7. The van der Waals surface area contributed by atoms with E-state index in [1.54, 1.807) is 12.1 Å². The average molecular weight is 272 g/mol. The first-order valence-corrected chi connectivity index (χ1v) is 6.49. The lowest BCUT2D eigenvalue weighted by molar-refractivity contribution is 0.237. The molecule has 2 rings (SSSR count). The fraction of sp³-hybridized carbons (Fsp3) is 0.188. The molecule has 2 N–H and O–H groups in total. The Labute approximate surface area is 117 Å². The molecule has 2 aromatic carbocycles. The van der Waals surface area contributed by atoms with Crippen molar-refractivity contribution in [2.24, 2.45) is 0 Å². The van der Waals surface area contributed by atoms with Gasteiger partial charge in [0.25, 0.3) is 0 Å². The number of urea groups is 1. The predicted molar refractivity (Wildman–Crippen MR) is 76.6 cm³/mol. The Morgan fingerprint density at radius 1 is 1.15 bits per heavy atom. The monoisotopic (exact) mass is 272 g/mol. The Balaban J connectivity index is 1.85. The molecule has 0 aliphatic heterocycles. The maximum atomic E-state index is 13.1. The van der Waals surface area contributed by atoms with E-state index in [0.29, 0.717) is 6.54 Å². The first-order valence-electron chi connectivity index (χ1n) is 6.49. The van der Waals surface area contributed by atoms with Gasteiger partial charge < -0.3 is 10.6 Å². The van der Waals surface area contributed by atoms with Crippen molar-refractivity contribution in [3.05, 3.63) is 71.5 Å². The molecule has 20 heavy (non-hydrogen) atoms. The summed E-state index contributed by atoms with van der Waals surface area (Å²) in [7, 11) is 0. The fourth-order valence-corrected chi connectivity index (χ4v) is 1.89. The molecular weight excluding hydrogens is 255 g/mol. The lowest BCUT2D eigenvalue weighted by Gasteiger charge is -2.15. The Kier molecular flexibility index (Phi) is 4.71. The highest BCUT2D eigenvalue weighted by molar-refractivity contribution is 5.74. The van der Waals surface area contributed by atoms with Crippen LogP contribution in [0.5, 0.6) is 0 Å². The second-order valence-electron chi connectivity index (χ2n) is 4.59. The van der Waals surface area contributed by atoms with Crippen molar-refractivity contribution in [1.82, 2.24) is 10.6 Å². The molecule has 1 atom stereocenters. The number of rotatable bonds is 4. The number of carbonyl (C=O) groups excluding carboxylic acids is 1. The fourth-order valence-electron chi connectivity index (χ4n) is 1.89. The molecule has 3 nitrogen and oxygen atoms in total. The van der Waals surface area contributed by atoms with Crippen LogP contribution in [-0.2, 0) is 6.54 Å². The van der Waals surface area contributed by atoms with E-state index in [1.165, 1.54) is 12.1 Å². The number of nitrogens with one attached hydrogen (secondary N) is 2. The number of carbonyl (C=O) groups is 1. The van der Waals surface area contributed by atoms with Gasteiger partial charge in [-0.2, -0.15) is 0 Å². The van der Waals surface area contributed by atoms with Crippen LogP contribution in [0.2, 0.25) is 0 Å². The second kappa shape index (κ2) is 6.70. The molecule has 104 valence electrons. The van der Waals surface area contributed by atoms with E-state index in [-0.39, 0.29) is 17.9 Å². The lowest BCUT2D eigenvalue weighted by Crippen LogP contribution is -2.36. The first kappa shape index (κ1) is 14.1. The van der Waals surface area contributed by atoms with E-state index in [9.17, 15) is 9.18 Å². The van der Waals surface area contributed by atoms with Crippen LogP contribution < -0.4 is 10.6 Å². The molecule has 0 bridgehead atoms. The molecule has 0 aromatic heterocycles. The van der Waals surface area contributed by atoms with Gasteiger partial charge in [0.1, 0.15) is 5.82 Å². The van der Waals surface area contributed by atoms with Crippen LogP contribution in [0.1, 0.15) is 24.1 Å². The molecule has 0 heterocycles. The van der Waals surface area contributed by atoms with Crippen LogP contribution in [0.4, 0.5) is 9.18 Å². The van der Waals surface area contributed by atoms with E-state index in [0.717, 1.165) is 11.1 Å². The zero-order valence-electron chi connectivity index (χ0n) is 11.3. The van der Waals surface area contributed by atoms with Gasteiger partial charge in [-0.1, -0.05) is 42.5 Å². The third-order valence-corrected chi connectivity index (χ3v) is 2.99. The minimum Gasteiger partial charge on any atom is -0.334 e. The van der Waals surface area contributed by atoms with Crippen LogP contribution in [-0.4, -0.2) is 6.03 Å². The first-order chi connectivity index (χ1) is 9.65. The molecule has 2 amide bonds. The molecule has 0 fully saturated rings. The van der Waals surface area contributed by atoms with E-state index in [2.05, 4.69) is 10.6 Å². The smallest absolute Gasteiger partial charge is 0.315 e. The van der Waals surface area contributed by atoms with Crippen LogP contribution in [0.25, 0.3) is 0 Å². The number of halogens is 1. The summed E-state index contributed by atoms with van der Waals surface area (Å²) in [6.07, 6.45) is 0. The van der Waals surface area contributed by atoms with E-state index < -0.39 is 0 Å². The minimum absolute atomic E-state index is 0.249. The van der Waals surface area contributed by atoms with Gasteiger partial charge in [-0.25, -0.2) is 9.18 Å². The van der Waals surface area contributed by atoms with Crippen molar-refractivity contribution in [3.63, 3.8) is 0 Å². The maximum Gasteiger partial charge on any atom is 0.315 e.